The Morgan fingerprint density at radius 1 is 1.04 bits per heavy atom. The summed E-state index contributed by atoms with van der Waals surface area (Å²) in [5, 5.41) is 24.1. The number of imide groups is 1. The molecule has 6 nitrogen and oxygen atoms in total. The van der Waals surface area contributed by atoms with Crippen molar-refractivity contribution in [1.29, 1.82) is 0 Å². The summed E-state index contributed by atoms with van der Waals surface area (Å²) in [5.74, 6) is 0.222. The number of nitrogens with zero attached hydrogens (tertiary/aromatic N) is 2. The number of amides is 2. The van der Waals surface area contributed by atoms with Crippen molar-refractivity contribution >= 4 is 18.0 Å². The van der Waals surface area contributed by atoms with Crippen LogP contribution in [0.15, 0.2) is 35.5 Å². The number of allylic oxidation sites excluding steroid dienone is 2. The van der Waals surface area contributed by atoms with Crippen LogP contribution in [0.5, 0.6) is 11.5 Å². The van der Waals surface area contributed by atoms with Crippen molar-refractivity contribution in [2.45, 2.75) is 6.42 Å². The number of carbonyl (C=O) groups excluding carboxylic acids is 2. The fraction of sp³-hybridized carbons (Fsp3) is 0.389. The van der Waals surface area contributed by atoms with Gasteiger partial charge in [-0.05, 0) is 42.2 Å². The molecule has 1 saturated heterocycles. The molecule has 5 aliphatic rings. The van der Waals surface area contributed by atoms with Crippen LogP contribution in [0.25, 0.3) is 0 Å². The molecule has 0 radical (unpaired) electrons. The summed E-state index contributed by atoms with van der Waals surface area (Å²) in [7, 11) is 0. The average Bonchev–Trinajstić information content (AvgIpc) is 3.33. The Morgan fingerprint density at radius 2 is 1.67 bits per heavy atom. The Bertz CT molecular complexity index is 794. The summed E-state index contributed by atoms with van der Waals surface area (Å²) in [6.45, 7) is 0. The second kappa shape index (κ2) is 4.47. The number of hydrazone groups is 1. The van der Waals surface area contributed by atoms with Gasteiger partial charge in [-0.15, -0.1) is 0 Å². The van der Waals surface area contributed by atoms with E-state index in [9.17, 15) is 19.8 Å². The van der Waals surface area contributed by atoms with E-state index in [0.29, 0.717) is 17.4 Å². The maximum absolute atomic E-state index is 12.7. The van der Waals surface area contributed by atoms with E-state index < -0.39 is 0 Å². The average molecular weight is 324 g/mol. The second-order valence-electron chi connectivity index (χ2n) is 7.13. The summed E-state index contributed by atoms with van der Waals surface area (Å²) in [5.41, 5.74) is 0.340. The van der Waals surface area contributed by atoms with Gasteiger partial charge in [0.05, 0.1) is 18.1 Å². The van der Waals surface area contributed by atoms with Gasteiger partial charge in [-0.2, -0.15) is 10.1 Å². The van der Waals surface area contributed by atoms with Crippen LogP contribution in [-0.4, -0.2) is 33.3 Å². The molecule has 2 saturated carbocycles. The number of phenols is 2. The monoisotopic (exact) mass is 324 g/mol. The van der Waals surface area contributed by atoms with Crippen molar-refractivity contribution in [1.82, 2.24) is 5.01 Å². The van der Waals surface area contributed by atoms with E-state index in [0.717, 1.165) is 11.4 Å². The fourth-order valence-corrected chi connectivity index (χ4v) is 4.82. The minimum absolute atomic E-state index is 0.0640. The minimum Gasteiger partial charge on any atom is -0.508 e. The number of hydrogen-bond acceptors (Lipinski definition) is 5. The van der Waals surface area contributed by atoms with Crippen LogP contribution in [0, 0.1) is 35.5 Å². The van der Waals surface area contributed by atoms with Gasteiger partial charge in [-0.1, -0.05) is 12.2 Å². The summed E-state index contributed by atoms with van der Waals surface area (Å²) in [6.07, 6.45) is 6.65. The van der Waals surface area contributed by atoms with Crippen molar-refractivity contribution in [3.05, 3.63) is 35.9 Å². The van der Waals surface area contributed by atoms with Crippen molar-refractivity contribution in [3.63, 3.8) is 0 Å². The lowest BCUT2D eigenvalue weighted by molar-refractivity contribution is -0.140. The van der Waals surface area contributed by atoms with Gasteiger partial charge in [0.2, 0.25) is 0 Å². The lowest BCUT2D eigenvalue weighted by atomic mass is 9.63. The molecule has 24 heavy (non-hydrogen) atoms. The summed E-state index contributed by atoms with van der Waals surface area (Å²) in [6, 6.07) is 4.07. The normalized spacial score (nSPS) is 38.8. The first-order valence-electron chi connectivity index (χ1n) is 8.18. The molecule has 6 rings (SSSR count). The van der Waals surface area contributed by atoms with Crippen LogP contribution in [0.2, 0.25) is 0 Å². The van der Waals surface area contributed by atoms with E-state index in [1.165, 1.54) is 24.4 Å². The van der Waals surface area contributed by atoms with Crippen molar-refractivity contribution in [2.75, 3.05) is 0 Å². The van der Waals surface area contributed by atoms with Crippen LogP contribution >= 0.6 is 0 Å². The third kappa shape index (κ3) is 1.68. The van der Waals surface area contributed by atoms with Gasteiger partial charge in [0.1, 0.15) is 11.5 Å². The number of aromatic hydroxyl groups is 2. The lowest BCUT2D eigenvalue weighted by Gasteiger charge is -2.37. The predicted octanol–water partition coefficient (Wildman–Crippen LogP) is 1.48. The number of rotatable bonds is 2. The summed E-state index contributed by atoms with van der Waals surface area (Å²) >= 11 is 0. The van der Waals surface area contributed by atoms with Crippen LogP contribution in [0.4, 0.5) is 0 Å². The van der Waals surface area contributed by atoms with Gasteiger partial charge in [0.25, 0.3) is 11.8 Å². The number of phenolic OH excluding ortho intramolecular Hbond substituents is 2. The molecule has 0 unspecified atom stereocenters. The number of carbonyl (C=O) groups is 2. The summed E-state index contributed by atoms with van der Waals surface area (Å²) in [4.78, 5) is 25.4. The minimum atomic E-state index is -0.276. The molecule has 2 bridgehead atoms. The molecule has 6 atom stereocenters. The molecule has 2 amide bonds. The molecule has 0 aromatic heterocycles. The molecule has 4 aliphatic carbocycles. The molecule has 122 valence electrons. The van der Waals surface area contributed by atoms with Gasteiger partial charge in [0.15, 0.2) is 0 Å². The Hall–Kier alpha value is -2.63. The number of benzene rings is 1. The Balaban J connectivity index is 1.45. The van der Waals surface area contributed by atoms with E-state index >= 15 is 0 Å². The van der Waals surface area contributed by atoms with Crippen LogP contribution in [0.3, 0.4) is 0 Å². The van der Waals surface area contributed by atoms with Crippen LogP contribution in [-0.2, 0) is 9.59 Å². The van der Waals surface area contributed by atoms with Crippen LogP contribution in [0.1, 0.15) is 12.0 Å². The first kappa shape index (κ1) is 13.8. The Morgan fingerprint density at radius 3 is 2.25 bits per heavy atom. The maximum Gasteiger partial charge on any atom is 0.254 e. The van der Waals surface area contributed by atoms with Crippen molar-refractivity contribution in [3.8, 4) is 11.5 Å². The van der Waals surface area contributed by atoms with Crippen LogP contribution < -0.4 is 0 Å². The molecule has 6 heteroatoms. The highest BCUT2D eigenvalue weighted by Crippen LogP contribution is 2.65. The highest BCUT2D eigenvalue weighted by atomic mass is 16.3. The van der Waals surface area contributed by atoms with E-state index in [4.69, 9.17) is 0 Å². The van der Waals surface area contributed by atoms with E-state index in [-0.39, 0.29) is 47.0 Å². The SMILES string of the molecule is O=C1[C@@H]2[C@@H]3C=C[C@@H]([C@H]4C[C@@H]34)[C@@H]2C(=O)N1/N=C/c1ccc(O)cc1O. The zero-order chi connectivity index (χ0) is 16.6. The van der Waals surface area contributed by atoms with E-state index in [1.807, 2.05) is 0 Å². The molecule has 2 N–H and O–H groups in total. The topological polar surface area (TPSA) is 90.2 Å². The smallest absolute Gasteiger partial charge is 0.254 e. The fourth-order valence-electron chi connectivity index (χ4n) is 4.82. The highest BCUT2D eigenvalue weighted by Gasteiger charge is 2.67. The van der Waals surface area contributed by atoms with Crippen molar-refractivity contribution in [2.24, 2.45) is 40.6 Å². The third-order valence-corrected chi connectivity index (χ3v) is 5.97. The van der Waals surface area contributed by atoms with Gasteiger partial charge in [0, 0.05) is 11.6 Å². The Labute approximate surface area is 138 Å². The molecule has 1 aliphatic heterocycles. The third-order valence-electron chi connectivity index (χ3n) is 5.97. The maximum atomic E-state index is 12.7. The largest absolute Gasteiger partial charge is 0.508 e. The zero-order valence-electron chi connectivity index (χ0n) is 12.7. The molecule has 1 heterocycles. The second-order valence-corrected chi connectivity index (χ2v) is 7.13. The Kier molecular flexibility index (Phi) is 2.56. The molecule has 1 aromatic rings. The first-order valence-corrected chi connectivity index (χ1v) is 8.18. The van der Waals surface area contributed by atoms with Gasteiger partial charge in [-0.25, -0.2) is 0 Å². The number of hydrogen-bond donors (Lipinski definition) is 2. The van der Waals surface area contributed by atoms with Gasteiger partial charge >= 0.3 is 0 Å². The first-order chi connectivity index (χ1) is 11.6. The molecule has 3 fully saturated rings. The molecule has 1 aromatic carbocycles. The molecular formula is C18H16N2O4. The quantitative estimate of drug-likeness (QED) is 0.490. The van der Waals surface area contributed by atoms with Gasteiger partial charge in [-0.3, -0.25) is 9.59 Å². The standard InChI is InChI=1S/C18H16N2O4/c21-9-2-1-8(14(22)5-9)7-19-20-17(23)15-10-3-4-11(13-6-12(10)13)16(15)18(20)24/h1-5,7,10-13,15-16,21-22H,6H2/b19-7+/t10-,11+,12+,13-,15-,16+. The summed E-state index contributed by atoms with van der Waals surface area (Å²) < 4.78 is 0. The van der Waals surface area contributed by atoms with Gasteiger partial charge < -0.3 is 10.2 Å². The predicted molar refractivity (Wildman–Crippen MR) is 83.9 cm³/mol. The molecule has 0 spiro atoms. The van der Waals surface area contributed by atoms with E-state index in [1.54, 1.807) is 0 Å². The van der Waals surface area contributed by atoms with E-state index in [2.05, 4.69) is 17.3 Å². The highest BCUT2D eigenvalue weighted by molar-refractivity contribution is 6.06. The molecular weight excluding hydrogens is 308 g/mol. The zero-order valence-corrected chi connectivity index (χ0v) is 12.7. The lowest BCUT2D eigenvalue weighted by Crippen LogP contribution is -2.40. The van der Waals surface area contributed by atoms with Crippen molar-refractivity contribution < 1.29 is 19.8 Å².